The summed E-state index contributed by atoms with van der Waals surface area (Å²) in [4.78, 5) is 2.60. The Morgan fingerprint density at radius 3 is 2.24 bits per heavy atom. The van der Waals surface area contributed by atoms with Crippen LogP contribution in [0.25, 0.3) is 0 Å². The van der Waals surface area contributed by atoms with Gasteiger partial charge in [-0.2, -0.15) is 0 Å². The topological polar surface area (TPSA) is 53.3 Å². The average molecular weight is 395 g/mol. The van der Waals surface area contributed by atoms with Gasteiger partial charge in [0.05, 0.1) is 0 Å². The monoisotopic (exact) mass is 394 g/mol. The van der Waals surface area contributed by atoms with Gasteiger partial charge in [0.15, 0.2) is 0 Å². The van der Waals surface area contributed by atoms with Crippen molar-refractivity contribution in [3.05, 3.63) is 72.3 Å². The minimum absolute atomic E-state index is 0.381. The highest BCUT2D eigenvalue weighted by atomic mass is 15.2. The Morgan fingerprint density at radius 1 is 1.07 bits per heavy atom. The first kappa shape index (κ1) is 23.0. The van der Waals surface area contributed by atoms with Gasteiger partial charge in [0.1, 0.15) is 0 Å². The van der Waals surface area contributed by atoms with E-state index >= 15 is 0 Å². The SMILES string of the molecule is C=CC.CCC1CC(N)CCN1Cc1ccc(CNc2ccc(NC)cc2)cc1. The fourth-order valence-corrected chi connectivity index (χ4v) is 3.72. The second kappa shape index (κ2) is 12.3. The minimum atomic E-state index is 0.381. The van der Waals surface area contributed by atoms with Crippen molar-refractivity contribution in [3.63, 3.8) is 0 Å². The number of piperidine rings is 1. The van der Waals surface area contributed by atoms with Crippen LogP contribution in [0.1, 0.15) is 44.2 Å². The minimum Gasteiger partial charge on any atom is -0.388 e. The van der Waals surface area contributed by atoms with Gasteiger partial charge in [0, 0.05) is 50.1 Å². The number of nitrogens with zero attached hydrogens (tertiary/aromatic N) is 1. The van der Waals surface area contributed by atoms with E-state index in [1.807, 2.05) is 14.0 Å². The van der Waals surface area contributed by atoms with E-state index in [2.05, 4.69) is 77.6 Å². The maximum Gasteiger partial charge on any atom is 0.0400 e. The lowest BCUT2D eigenvalue weighted by Gasteiger charge is -2.38. The van der Waals surface area contributed by atoms with Crippen LogP contribution in [0.5, 0.6) is 0 Å². The van der Waals surface area contributed by atoms with Gasteiger partial charge in [-0.05, 0) is 61.6 Å². The summed E-state index contributed by atoms with van der Waals surface area (Å²) in [5, 5.41) is 6.62. The molecule has 0 amide bonds. The second-order valence-electron chi connectivity index (χ2n) is 7.72. The molecule has 2 aromatic rings. The molecule has 0 spiro atoms. The molecule has 4 nitrogen and oxygen atoms in total. The van der Waals surface area contributed by atoms with Crippen LogP contribution in [-0.4, -0.2) is 30.6 Å². The van der Waals surface area contributed by atoms with E-state index in [1.165, 1.54) is 17.5 Å². The molecule has 158 valence electrons. The van der Waals surface area contributed by atoms with Crippen molar-refractivity contribution in [1.29, 1.82) is 0 Å². The van der Waals surface area contributed by atoms with Gasteiger partial charge in [-0.25, -0.2) is 0 Å². The molecule has 1 aliphatic rings. The van der Waals surface area contributed by atoms with Crippen molar-refractivity contribution in [2.24, 2.45) is 5.73 Å². The highest BCUT2D eigenvalue weighted by Crippen LogP contribution is 2.21. The fraction of sp³-hybridized carbons (Fsp3) is 0.440. The van der Waals surface area contributed by atoms with E-state index in [1.54, 1.807) is 6.08 Å². The van der Waals surface area contributed by atoms with Crippen molar-refractivity contribution < 1.29 is 0 Å². The van der Waals surface area contributed by atoms with Crippen LogP contribution in [-0.2, 0) is 13.1 Å². The van der Waals surface area contributed by atoms with E-state index in [4.69, 9.17) is 5.73 Å². The maximum atomic E-state index is 6.14. The first-order valence-electron chi connectivity index (χ1n) is 10.8. The molecular weight excluding hydrogens is 356 g/mol. The molecule has 2 atom stereocenters. The van der Waals surface area contributed by atoms with E-state index < -0.39 is 0 Å². The van der Waals surface area contributed by atoms with Crippen LogP contribution in [0.4, 0.5) is 11.4 Å². The molecule has 0 bridgehead atoms. The van der Waals surface area contributed by atoms with Crippen LogP contribution in [0, 0.1) is 0 Å². The zero-order chi connectivity index (χ0) is 21.1. The summed E-state index contributed by atoms with van der Waals surface area (Å²) in [7, 11) is 1.94. The zero-order valence-electron chi connectivity index (χ0n) is 18.3. The lowest BCUT2D eigenvalue weighted by atomic mass is 9.95. The largest absolute Gasteiger partial charge is 0.388 e. The second-order valence-corrected chi connectivity index (χ2v) is 7.72. The third-order valence-electron chi connectivity index (χ3n) is 5.43. The molecule has 2 aromatic carbocycles. The van der Waals surface area contributed by atoms with Gasteiger partial charge in [-0.1, -0.05) is 37.3 Å². The highest BCUT2D eigenvalue weighted by Gasteiger charge is 2.25. The van der Waals surface area contributed by atoms with Crippen LogP contribution in [0.15, 0.2) is 61.2 Å². The molecule has 0 radical (unpaired) electrons. The van der Waals surface area contributed by atoms with Crippen LogP contribution in [0.3, 0.4) is 0 Å². The van der Waals surface area contributed by atoms with Crippen LogP contribution >= 0.6 is 0 Å². The average Bonchev–Trinajstić information content (AvgIpc) is 2.75. The smallest absolute Gasteiger partial charge is 0.0400 e. The Kier molecular flexibility index (Phi) is 9.75. The van der Waals surface area contributed by atoms with E-state index in [0.717, 1.165) is 43.9 Å². The highest BCUT2D eigenvalue weighted by molar-refractivity contribution is 5.53. The van der Waals surface area contributed by atoms with Gasteiger partial charge in [-0.3, -0.25) is 4.90 Å². The van der Waals surface area contributed by atoms with Gasteiger partial charge in [-0.15, -0.1) is 6.58 Å². The lowest BCUT2D eigenvalue weighted by Crippen LogP contribution is -2.46. The molecule has 0 saturated carbocycles. The van der Waals surface area contributed by atoms with E-state index in [-0.39, 0.29) is 0 Å². The molecule has 2 unspecified atom stereocenters. The Morgan fingerprint density at radius 2 is 1.66 bits per heavy atom. The van der Waals surface area contributed by atoms with Gasteiger partial charge in [0.25, 0.3) is 0 Å². The summed E-state index contributed by atoms with van der Waals surface area (Å²) >= 11 is 0. The number of allylic oxidation sites excluding steroid dienone is 1. The Balaban J connectivity index is 0.000000941. The fourth-order valence-electron chi connectivity index (χ4n) is 3.72. The normalized spacial score (nSPS) is 19.0. The summed E-state index contributed by atoms with van der Waals surface area (Å²) in [6.07, 6.45) is 5.18. The Hall–Kier alpha value is -2.30. The van der Waals surface area contributed by atoms with Crippen molar-refractivity contribution in [2.45, 2.75) is 58.3 Å². The molecule has 0 aromatic heterocycles. The standard InChI is InChI=1S/C22H32N4.C3H6/c1-3-22-14-19(23)12-13-26(22)16-18-6-4-17(5-7-18)15-25-21-10-8-20(24-2)9-11-21;1-3-2/h4-11,19,22,24-25H,3,12-16,23H2,1-2H3;3H,1H2,2H3. The summed E-state index contributed by atoms with van der Waals surface area (Å²) in [6.45, 7) is 10.5. The Bertz CT molecular complexity index is 709. The first-order valence-corrected chi connectivity index (χ1v) is 10.8. The van der Waals surface area contributed by atoms with Crippen LogP contribution < -0.4 is 16.4 Å². The Labute approximate surface area is 177 Å². The molecule has 1 saturated heterocycles. The summed E-state index contributed by atoms with van der Waals surface area (Å²) < 4.78 is 0. The predicted molar refractivity (Wildman–Crippen MR) is 127 cm³/mol. The lowest BCUT2D eigenvalue weighted by molar-refractivity contribution is 0.124. The van der Waals surface area contributed by atoms with Crippen molar-refractivity contribution in [1.82, 2.24) is 4.90 Å². The van der Waals surface area contributed by atoms with Gasteiger partial charge < -0.3 is 16.4 Å². The number of nitrogens with one attached hydrogen (secondary N) is 2. The van der Waals surface area contributed by atoms with Gasteiger partial charge >= 0.3 is 0 Å². The third-order valence-corrected chi connectivity index (χ3v) is 5.43. The predicted octanol–water partition coefficient (Wildman–Crippen LogP) is 5.23. The molecule has 0 aliphatic carbocycles. The number of nitrogens with two attached hydrogens (primary N) is 1. The molecule has 1 fully saturated rings. The molecule has 1 aliphatic heterocycles. The number of likely N-dealkylation sites (tertiary alicyclic amines) is 1. The van der Waals surface area contributed by atoms with Crippen molar-refractivity contribution in [2.75, 3.05) is 24.2 Å². The quantitative estimate of drug-likeness (QED) is 0.563. The number of hydrogen-bond donors (Lipinski definition) is 3. The third kappa shape index (κ3) is 7.56. The van der Waals surface area contributed by atoms with Crippen LogP contribution in [0.2, 0.25) is 0 Å². The van der Waals surface area contributed by atoms with Crippen molar-refractivity contribution >= 4 is 11.4 Å². The number of benzene rings is 2. The number of hydrogen-bond acceptors (Lipinski definition) is 4. The molecule has 3 rings (SSSR count). The van der Waals surface area contributed by atoms with Gasteiger partial charge in [0.2, 0.25) is 0 Å². The summed E-state index contributed by atoms with van der Waals surface area (Å²) in [5.41, 5.74) is 11.1. The molecular formula is C25H38N4. The van der Waals surface area contributed by atoms with E-state index in [9.17, 15) is 0 Å². The molecule has 4 heteroatoms. The number of anilines is 2. The summed E-state index contributed by atoms with van der Waals surface area (Å²) in [6, 6.07) is 18.4. The first-order chi connectivity index (χ1) is 14.1. The molecule has 4 N–H and O–H groups in total. The van der Waals surface area contributed by atoms with Crippen molar-refractivity contribution in [3.8, 4) is 0 Å². The van der Waals surface area contributed by atoms with E-state index in [0.29, 0.717) is 12.1 Å². The summed E-state index contributed by atoms with van der Waals surface area (Å²) in [5.74, 6) is 0. The zero-order valence-corrected chi connectivity index (χ0v) is 18.3. The molecule has 29 heavy (non-hydrogen) atoms. The molecule has 1 heterocycles. The maximum absolute atomic E-state index is 6.14. The number of rotatable bonds is 7.